The summed E-state index contributed by atoms with van der Waals surface area (Å²) in [6, 6.07) is 7.14. The van der Waals surface area contributed by atoms with Crippen LogP contribution in [0.1, 0.15) is 19.3 Å². The Morgan fingerprint density at radius 3 is 2.50 bits per heavy atom. The van der Waals surface area contributed by atoms with Gasteiger partial charge in [0.05, 0.1) is 0 Å². The lowest BCUT2D eigenvalue weighted by Gasteiger charge is -2.31. The van der Waals surface area contributed by atoms with Gasteiger partial charge in [-0.3, -0.25) is 10.1 Å². The molecule has 1 saturated heterocycles. The molecule has 0 aromatic heterocycles. The molecule has 0 radical (unpaired) electrons. The van der Waals surface area contributed by atoms with Gasteiger partial charge in [0.2, 0.25) is 5.91 Å². The molecule has 0 spiro atoms. The summed E-state index contributed by atoms with van der Waals surface area (Å²) < 4.78 is 0. The zero-order valence-electron chi connectivity index (χ0n) is 12.3. The molecule has 0 saturated carbocycles. The van der Waals surface area contributed by atoms with Crippen molar-refractivity contribution >= 4 is 35.3 Å². The SMILES string of the molecule is NC(=O)NC(=O)CCN1CCC(Sc2ccc(Cl)cc2)CC1. The highest BCUT2D eigenvalue weighted by Gasteiger charge is 2.20. The van der Waals surface area contributed by atoms with E-state index in [4.69, 9.17) is 17.3 Å². The van der Waals surface area contributed by atoms with Crippen molar-refractivity contribution < 1.29 is 9.59 Å². The summed E-state index contributed by atoms with van der Waals surface area (Å²) in [7, 11) is 0. The number of halogens is 1. The Morgan fingerprint density at radius 1 is 1.27 bits per heavy atom. The van der Waals surface area contributed by atoms with Gasteiger partial charge in [-0.05, 0) is 50.2 Å². The number of piperidine rings is 1. The fraction of sp³-hybridized carbons (Fsp3) is 0.467. The molecule has 1 aromatic carbocycles. The number of carbonyl (C=O) groups is 2. The lowest BCUT2D eigenvalue weighted by atomic mass is 10.1. The molecule has 5 nitrogen and oxygen atoms in total. The maximum Gasteiger partial charge on any atom is 0.318 e. The van der Waals surface area contributed by atoms with E-state index in [1.165, 1.54) is 4.90 Å². The highest BCUT2D eigenvalue weighted by atomic mass is 35.5. The Morgan fingerprint density at radius 2 is 1.91 bits per heavy atom. The van der Waals surface area contributed by atoms with Gasteiger partial charge in [0.15, 0.2) is 0 Å². The molecule has 1 aromatic rings. The number of primary amides is 1. The van der Waals surface area contributed by atoms with Crippen LogP contribution in [0.4, 0.5) is 4.79 Å². The molecule has 1 aliphatic heterocycles. The third-order valence-electron chi connectivity index (χ3n) is 3.57. The number of nitrogens with one attached hydrogen (secondary N) is 1. The largest absolute Gasteiger partial charge is 0.351 e. The monoisotopic (exact) mass is 341 g/mol. The van der Waals surface area contributed by atoms with Crippen LogP contribution in [0.15, 0.2) is 29.2 Å². The summed E-state index contributed by atoms with van der Waals surface area (Å²) >= 11 is 7.77. The van der Waals surface area contributed by atoms with Crippen LogP contribution in [0.2, 0.25) is 5.02 Å². The molecule has 2 rings (SSSR count). The maximum absolute atomic E-state index is 11.4. The summed E-state index contributed by atoms with van der Waals surface area (Å²) in [5, 5.41) is 3.44. The lowest BCUT2D eigenvalue weighted by molar-refractivity contribution is -0.120. The molecule has 120 valence electrons. The van der Waals surface area contributed by atoms with E-state index in [-0.39, 0.29) is 5.91 Å². The quantitative estimate of drug-likeness (QED) is 0.862. The molecule has 0 unspecified atom stereocenters. The van der Waals surface area contributed by atoms with Crippen LogP contribution in [0.5, 0.6) is 0 Å². The molecule has 1 heterocycles. The van der Waals surface area contributed by atoms with Crippen molar-refractivity contribution in [2.24, 2.45) is 5.73 Å². The van der Waals surface area contributed by atoms with E-state index in [1.807, 2.05) is 36.0 Å². The molecular formula is C15H20ClN3O2S. The molecule has 0 aliphatic carbocycles. The Kier molecular flexibility index (Phi) is 6.54. The second-order valence-corrected chi connectivity index (χ2v) is 7.09. The molecule has 22 heavy (non-hydrogen) atoms. The summed E-state index contributed by atoms with van der Waals surface area (Å²) in [5.41, 5.74) is 4.91. The lowest BCUT2D eigenvalue weighted by Crippen LogP contribution is -2.40. The van der Waals surface area contributed by atoms with Crippen LogP contribution >= 0.6 is 23.4 Å². The van der Waals surface area contributed by atoms with Crippen molar-refractivity contribution in [1.82, 2.24) is 10.2 Å². The van der Waals surface area contributed by atoms with E-state index in [0.29, 0.717) is 18.2 Å². The first-order valence-corrected chi connectivity index (χ1v) is 8.52. The average Bonchev–Trinajstić information content (AvgIpc) is 2.48. The summed E-state index contributed by atoms with van der Waals surface area (Å²) in [6.45, 7) is 2.60. The number of imide groups is 1. The Hall–Kier alpha value is -1.24. The van der Waals surface area contributed by atoms with Crippen LogP contribution in [-0.2, 0) is 4.79 Å². The molecule has 0 atom stereocenters. The zero-order valence-corrected chi connectivity index (χ0v) is 13.8. The van der Waals surface area contributed by atoms with E-state index >= 15 is 0 Å². The molecule has 3 N–H and O–H groups in total. The number of amides is 3. The number of likely N-dealkylation sites (tertiary alicyclic amines) is 1. The van der Waals surface area contributed by atoms with Gasteiger partial charge < -0.3 is 10.6 Å². The number of urea groups is 1. The third kappa shape index (κ3) is 5.87. The molecular weight excluding hydrogens is 322 g/mol. The van der Waals surface area contributed by atoms with Gasteiger partial charge in [-0.2, -0.15) is 0 Å². The number of benzene rings is 1. The molecule has 7 heteroatoms. The number of hydrogen-bond donors (Lipinski definition) is 2. The van der Waals surface area contributed by atoms with Gasteiger partial charge in [-0.1, -0.05) is 11.6 Å². The van der Waals surface area contributed by atoms with Crippen molar-refractivity contribution in [3.63, 3.8) is 0 Å². The molecule has 1 fully saturated rings. The van der Waals surface area contributed by atoms with Crippen LogP contribution in [-0.4, -0.2) is 41.7 Å². The number of thioether (sulfide) groups is 1. The summed E-state index contributed by atoms with van der Waals surface area (Å²) in [5.74, 6) is -0.315. The maximum atomic E-state index is 11.4. The highest BCUT2D eigenvalue weighted by Crippen LogP contribution is 2.30. The smallest absolute Gasteiger partial charge is 0.318 e. The first kappa shape index (κ1) is 17.1. The van der Waals surface area contributed by atoms with Crippen molar-refractivity contribution in [2.75, 3.05) is 19.6 Å². The van der Waals surface area contributed by atoms with E-state index in [0.717, 1.165) is 31.0 Å². The number of carbonyl (C=O) groups excluding carboxylic acids is 2. The Labute approximate surface area is 139 Å². The van der Waals surface area contributed by atoms with Crippen molar-refractivity contribution in [3.8, 4) is 0 Å². The van der Waals surface area contributed by atoms with E-state index in [2.05, 4.69) is 10.2 Å². The fourth-order valence-electron chi connectivity index (χ4n) is 2.42. The standard InChI is InChI=1S/C15H20ClN3O2S/c16-11-1-3-12(4-2-11)22-13-5-8-19(9-6-13)10-7-14(20)18-15(17)21/h1-4,13H,5-10H2,(H3,17,18,20,21). The summed E-state index contributed by atoms with van der Waals surface area (Å²) in [4.78, 5) is 25.4. The first-order valence-electron chi connectivity index (χ1n) is 7.27. The number of nitrogens with zero attached hydrogens (tertiary/aromatic N) is 1. The Balaban J connectivity index is 1.68. The van der Waals surface area contributed by atoms with Crippen LogP contribution < -0.4 is 11.1 Å². The number of nitrogens with two attached hydrogens (primary N) is 1. The van der Waals surface area contributed by atoms with Crippen LogP contribution in [0.3, 0.4) is 0 Å². The van der Waals surface area contributed by atoms with Crippen molar-refractivity contribution in [2.45, 2.75) is 29.4 Å². The van der Waals surface area contributed by atoms with Gasteiger partial charge in [0, 0.05) is 28.1 Å². The van der Waals surface area contributed by atoms with Gasteiger partial charge >= 0.3 is 6.03 Å². The fourth-order valence-corrected chi connectivity index (χ4v) is 3.67. The highest BCUT2D eigenvalue weighted by molar-refractivity contribution is 8.00. The van der Waals surface area contributed by atoms with E-state index in [1.54, 1.807) is 0 Å². The van der Waals surface area contributed by atoms with Crippen molar-refractivity contribution in [3.05, 3.63) is 29.3 Å². The van der Waals surface area contributed by atoms with E-state index < -0.39 is 6.03 Å². The van der Waals surface area contributed by atoms with Gasteiger partial charge in [-0.25, -0.2) is 4.79 Å². The number of rotatable bonds is 5. The van der Waals surface area contributed by atoms with E-state index in [9.17, 15) is 9.59 Å². The van der Waals surface area contributed by atoms with Gasteiger partial charge in [-0.15, -0.1) is 11.8 Å². The zero-order chi connectivity index (χ0) is 15.9. The van der Waals surface area contributed by atoms with Gasteiger partial charge in [0.25, 0.3) is 0 Å². The third-order valence-corrected chi connectivity index (χ3v) is 5.17. The van der Waals surface area contributed by atoms with Crippen LogP contribution in [0, 0.1) is 0 Å². The minimum atomic E-state index is -0.789. The average molecular weight is 342 g/mol. The number of hydrogen-bond acceptors (Lipinski definition) is 4. The normalized spacial score (nSPS) is 16.4. The predicted molar refractivity (Wildman–Crippen MR) is 89.1 cm³/mol. The van der Waals surface area contributed by atoms with Gasteiger partial charge in [0.1, 0.15) is 0 Å². The minimum Gasteiger partial charge on any atom is -0.351 e. The second-order valence-electron chi connectivity index (χ2n) is 5.28. The summed E-state index contributed by atoms with van der Waals surface area (Å²) in [6.07, 6.45) is 2.48. The molecule has 0 bridgehead atoms. The minimum absolute atomic E-state index is 0.304. The first-order chi connectivity index (χ1) is 10.5. The second kappa shape index (κ2) is 8.41. The van der Waals surface area contributed by atoms with Crippen LogP contribution in [0.25, 0.3) is 0 Å². The topological polar surface area (TPSA) is 75.4 Å². The molecule has 1 aliphatic rings. The molecule has 3 amide bonds. The predicted octanol–water partition coefficient (Wildman–Crippen LogP) is 2.48. The van der Waals surface area contributed by atoms with Crippen molar-refractivity contribution in [1.29, 1.82) is 0 Å². The Bertz CT molecular complexity index is 516.